The fourth-order valence-electron chi connectivity index (χ4n) is 4.05. The molecule has 37 heavy (non-hydrogen) atoms. The zero-order chi connectivity index (χ0) is 25.9. The molecule has 3 aromatic carbocycles. The van der Waals surface area contributed by atoms with Gasteiger partial charge in [-0.05, 0) is 46.9 Å². The van der Waals surface area contributed by atoms with Gasteiger partial charge in [-0.1, -0.05) is 62.4 Å². The number of ether oxygens (including phenoxy) is 2. The number of nitrogens with one attached hydrogen (secondary N) is 1. The second-order valence-corrected chi connectivity index (χ2v) is 9.04. The summed E-state index contributed by atoms with van der Waals surface area (Å²) in [6.45, 7) is 4.44. The molecule has 0 fully saturated rings. The molecule has 0 spiro atoms. The van der Waals surface area contributed by atoms with E-state index in [1.807, 2.05) is 42.5 Å². The average Bonchev–Trinajstić information content (AvgIpc) is 3.38. The van der Waals surface area contributed by atoms with Crippen molar-refractivity contribution in [2.75, 3.05) is 6.79 Å². The van der Waals surface area contributed by atoms with Crippen molar-refractivity contribution in [1.82, 2.24) is 19.7 Å². The van der Waals surface area contributed by atoms with E-state index >= 15 is 0 Å². The van der Waals surface area contributed by atoms with Gasteiger partial charge in [-0.3, -0.25) is 14.2 Å². The average molecular weight is 499 g/mol. The first kappa shape index (κ1) is 24.1. The van der Waals surface area contributed by atoms with E-state index in [1.54, 1.807) is 30.3 Å². The lowest BCUT2D eigenvalue weighted by molar-refractivity contribution is 0.0941. The smallest absolute Gasteiger partial charge is 0.352 e. The molecule has 2 heterocycles. The maximum absolute atomic E-state index is 13.4. The maximum atomic E-state index is 13.4. The number of benzene rings is 3. The van der Waals surface area contributed by atoms with E-state index in [2.05, 4.69) is 24.3 Å². The lowest BCUT2D eigenvalue weighted by atomic mass is 10.0. The van der Waals surface area contributed by atoms with Gasteiger partial charge in [0.15, 0.2) is 11.5 Å². The minimum atomic E-state index is -0.757. The van der Waals surface area contributed by atoms with Crippen molar-refractivity contribution in [2.24, 2.45) is 0 Å². The van der Waals surface area contributed by atoms with Crippen LogP contribution in [0.1, 0.15) is 46.9 Å². The Kier molecular flexibility index (Phi) is 6.59. The molecule has 1 aliphatic heterocycles. The number of rotatable bonds is 7. The predicted octanol–water partition coefficient (Wildman–Crippen LogP) is 3.22. The van der Waals surface area contributed by atoms with Gasteiger partial charge >= 0.3 is 5.69 Å². The minimum Gasteiger partial charge on any atom is -0.454 e. The van der Waals surface area contributed by atoms with Crippen LogP contribution in [0, 0.1) is 0 Å². The van der Waals surface area contributed by atoms with Crippen LogP contribution in [0.25, 0.3) is 5.69 Å². The first-order valence-electron chi connectivity index (χ1n) is 12.0. The molecular formula is C28H26N4O5. The summed E-state index contributed by atoms with van der Waals surface area (Å²) in [6.07, 6.45) is 0. The van der Waals surface area contributed by atoms with Crippen LogP contribution in [-0.2, 0) is 13.1 Å². The van der Waals surface area contributed by atoms with Crippen LogP contribution in [0.5, 0.6) is 11.5 Å². The standard InChI is InChI=1S/C28H26N4O5/c1-18(2)21-9-11-22(12-10-21)32-28(35)31(16-19-6-4-3-5-7-19)27(34)25(30-32)26(33)29-15-20-8-13-23-24(14-20)37-17-36-23/h3-14,18H,15-17H2,1-2H3,(H,29,33). The Hall–Kier alpha value is -4.66. The van der Waals surface area contributed by atoms with Gasteiger partial charge in [0.2, 0.25) is 12.5 Å². The van der Waals surface area contributed by atoms with Crippen LogP contribution < -0.4 is 26.0 Å². The third-order valence-corrected chi connectivity index (χ3v) is 6.15. The van der Waals surface area contributed by atoms with Crippen LogP contribution in [0.4, 0.5) is 0 Å². The number of hydrogen-bond donors (Lipinski definition) is 1. The van der Waals surface area contributed by atoms with Crippen molar-refractivity contribution < 1.29 is 14.3 Å². The number of carbonyl (C=O) groups is 1. The lowest BCUT2D eigenvalue weighted by Gasteiger charge is -2.13. The molecule has 1 N–H and O–H groups in total. The van der Waals surface area contributed by atoms with Crippen molar-refractivity contribution in [2.45, 2.75) is 32.9 Å². The second kappa shape index (κ2) is 10.1. The topological polar surface area (TPSA) is 104 Å². The molecule has 0 radical (unpaired) electrons. The molecule has 1 aromatic heterocycles. The number of amides is 1. The van der Waals surface area contributed by atoms with Gasteiger partial charge in [0.05, 0.1) is 12.2 Å². The number of nitrogens with zero attached hydrogens (tertiary/aromatic N) is 3. The summed E-state index contributed by atoms with van der Waals surface area (Å²) >= 11 is 0. The van der Waals surface area contributed by atoms with Crippen molar-refractivity contribution in [3.63, 3.8) is 0 Å². The van der Waals surface area contributed by atoms with Crippen LogP contribution >= 0.6 is 0 Å². The van der Waals surface area contributed by atoms with Gasteiger partial charge in [-0.2, -0.15) is 9.78 Å². The molecule has 9 nitrogen and oxygen atoms in total. The number of hydrogen-bond acceptors (Lipinski definition) is 6. The Morgan fingerprint density at radius 3 is 2.41 bits per heavy atom. The largest absolute Gasteiger partial charge is 0.454 e. The molecule has 4 aromatic rings. The molecule has 0 atom stereocenters. The fraction of sp³-hybridized carbons (Fsp3) is 0.214. The number of carbonyl (C=O) groups excluding carboxylic acids is 1. The summed E-state index contributed by atoms with van der Waals surface area (Å²) in [7, 11) is 0. The van der Waals surface area contributed by atoms with E-state index in [1.165, 1.54) is 0 Å². The summed E-state index contributed by atoms with van der Waals surface area (Å²) in [6, 6.07) is 21.8. The lowest BCUT2D eigenvalue weighted by Crippen LogP contribution is -2.46. The monoisotopic (exact) mass is 498 g/mol. The molecule has 188 valence electrons. The fourth-order valence-corrected chi connectivity index (χ4v) is 4.05. The Bertz CT molecular complexity index is 1560. The Labute approximate surface area is 212 Å². The highest BCUT2D eigenvalue weighted by Gasteiger charge is 2.21. The van der Waals surface area contributed by atoms with Gasteiger partial charge in [-0.25, -0.2) is 4.79 Å². The van der Waals surface area contributed by atoms with Crippen LogP contribution in [0.2, 0.25) is 0 Å². The van der Waals surface area contributed by atoms with E-state index in [-0.39, 0.29) is 25.6 Å². The predicted molar refractivity (Wildman–Crippen MR) is 137 cm³/mol. The first-order valence-corrected chi connectivity index (χ1v) is 12.0. The molecule has 0 bridgehead atoms. The van der Waals surface area contributed by atoms with Gasteiger partial charge in [0.1, 0.15) is 0 Å². The van der Waals surface area contributed by atoms with Gasteiger partial charge in [-0.15, -0.1) is 0 Å². The molecule has 0 aliphatic carbocycles. The molecule has 0 saturated heterocycles. The Balaban J connectivity index is 1.51. The molecule has 1 aliphatic rings. The van der Waals surface area contributed by atoms with Crippen LogP contribution in [0.3, 0.4) is 0 Å². The van der Waals surface area contributed by atoms with Crippen LogP contribution in [-0.4, -0.2) is 27.0 Å². The molecule has 9 heteroatoms. The maximum Gasteiger partial charge on any atom is 0.352 e. The molecule has 0 unspecified atom stereocenters. The van der Waals surface area contributed by atoms with E-state index in [9.17, 15) is 14.4 Å². The third-order valence-electron chi connectivity index (χ3n) is 6.15. The molecule has 5 rings (SSSR count). The third kappa shape index (κ3) is 5.02. The van der Waals surface area contributed by atoms with Crippen molar-refractivity contribution in [1.29, 1.82) is 0 Å². The zero-order valence-electron chi connectivity index (χ0n) is 20.5. The minimum absolute atomic E-state index is 0.00749. The highest BCUT2D eigenvalue weighted by molar-refractivity contribution is 5.91. The zero-order valence-corrected chi connectivity index (χ0v) is 20.5. The molecular weight excluding hydrogens is 472 g/mol. The van der Waals surface area contributed by atoms with Crippen molar-refractivity contribution in [3.8, 4) is 17.2 Å². The summed E-state index contributed by atoms with van der Waals surface area (Å²) in [5.41, 5.74) is 1.31. The van der Waals surface area contributed by atoms with Gasteiger partial charge < -0.3 is 14.8 Å². The highest BCUT2D eigenvalue weighted by Crippen LogP contribution is 2.32. The van der Waals surface area contributed by atoms with E-state index in [0.29, 0.717) is 23.1 Å². The van der Waals surface area contributed by atoms with Crippen molar-refractivity contribution >= 4 is 5.91 Å². The summed E-state index contributed by atoms with van der Waals surface area (Å²) in [4.78, 5) is 39.9. The Morgan fingerprint density at radius 1 is 0.946 bits per heavy atom. The molecule has 1 amide bonds. The normalized spacial score (nSPS) is 12.1. The number of fused-ring (bicyclic) bond motifs is 1. The van der Waals surface area contributed by atoms with Gasteiger partial charge in [0.25, 0.3) is 11.5 Å². The Morgan fingerprint density at radius 2 is 1.68 bits per heavy atom. The summed E-state index contributed by atoms with van der Waals surface area (Å²) < 4.78 is 12.8. The molecule has 0 saturated carbocycles. The van der Waals surface area contributed by atoms with Crippen LogP contribution in [0.15, 0.2) is 82.4 Å². The first-order chi connectivity index (χ1) is 17.9. The van der Waals surface area contributed by atoms with Gasteiger partial charge in [0, 0.05) is 6.54 Å². The van der Waals surface area contributed by atoms with Crippen molar-refractivity contribution in [3.05, 3.63) is 116 Å². The summed E-state index contributed by atoms with van der Waals surface area (Å²) in [5, 5.41) is 6.94. The second-order valence-electron chi connectivity index (χ2n) is 9.04. The van der Waals surface area contributed by atoms with E-state index in [0.717, 1.165) is 25.9 Å². The quantitative estimate of drug-likeness (QED) is 0.420. The highest BCUT2D eigenvalue weighted by atomic mass is 16.7. The summed E-state index contributed by atoms with van der Waals surface area (Å²) in [5.74, 6) is 0.852. The number of aromatic nitrogens is 3. The van der Waals surface area contributed by atoms with E-state index < -0.39 is 17.2 Å². The SMILES string of the molecule is CC(C)c1ccc(-n2nc(C(=O)NCc3ccc4c(c3)OCO4)c(=O)n(Cc3ccccc3)c2=O)cc1. The van der Waals surface area contributed by atoms with E-state index in [4.69, 9.17) is 9.47 Å².